The van der Waals surface area contributed by atoms with E-state index in [1.54, 1.807) is 10.7 Å². The molecule has 112 valence electrons. The Labute approximate surface area is 123 Å². The molecule has 1 N–H and O–H groups in total. The van der Waals surface area contributed by atoms with Crippen molar-refractivity contribution in [3.63, 3.8) is 0 Å². The van der Waals surface area contributed by atoms with Gasteiger partial charge >= 0.3 is 0 Å². The van der Waals surface area contributed by atoms with Gasteiger partial charge in [-0.05, 0) is 20.8 Å². The molecule has 0 atom stereocenters. The minimum atomic E-state index is -0.172. The Kier molecular flexibility index (Phi) is 4.70. The Hall–Kier alpha value is -2.21. The number of hydrogen-bond donors (Lipinski definition) is 1. The highest BCUT2D eigenvalue weighted by Crippen LogP contribution is 2.10. The average molecular weight is 288 g/mol. The number of hydrogen-bond acceptors (Lipinski definition) is 4. The van der Waals surface area contributed by atoms with E-state index in [0.29, 0.717) is 25.3 Å². The second-order valence-corrected chi connectivity index (χ2v) is 5.08. The summed E-state index contributed by atoms with van der Waals surface area (Å²) in [5, 5.41) is 7.13. The van der Waals surface area contributed by atoms with Crippen LogP contribution in [0.3, 0.4) is 0 Å². The lowest BCUT2D eigenvalue weighted by atomic mass is 10.2. The highest BCUT2D eigenvalue weighted by Gasteiger charge is 2.13. The molecule has 0 fully saturated rings. The highest BCUT2D eigenvalue weighted by molar-refractivity contribution is 5.95. The van der Waals surface area contributed by atoms with E-state index < -0.39 is 0 Å². The largest absolute Gasteiger partial charge is 0.375 e. The fourth-order valence-electron chi connectivity index (χ4n) is 1.96. The molecule has 6 heteroatoms. The molecule has 0 aliphatic rings. The van der Waals surface area contributed by atoms with Gasteiger partial charge in [0.15, 0.2) is 5.65 Å². The Morgan fingerprint density at radius 2 is 2.24 bits per heavy atom. The molecule has 2 aromatic heterocycles. The Bertz CT molecular complexity index is 676. The summed E-state index contributed by atoms with van der Waals surface area (Å²) in [4.78, 5) is 16.4. The van der Waals surface area contributed by atoms with Crippen LogP contribution in [0.5, 0.6) is 0 Å². The number of fused-ring (bicyclic) bond motifs is 1. The van der Waals surface area contributed by atoms with Crippen LogP contribution < -0.4 is 5.32 Å². The first-order chi connectivity index (χ1) is 9.99. The van der Waals surface area contributed by atoms with Crippen LogP contribution in [-0.4, -0.2) is 40.3 Å². The van der Waals surface area contributed by atoms with Crippen molar-refractivity contribution in [1.82, 2.24) is 19.9 Å². The summed E-state index contributed by atoms with van der Waals surface area (Å²) >= 11 is 0. The first-order valence-corrected chi connectivity index (χ1v) is 6.81. The molecule has 0 aromatic carbocycles. The Morgan fingerprint density at radius 1 is 1.48 bits per heavy atom. The molecule has 6 nitrogen and oxygen atoms in total. The molecule has 21 heavy (non-hydrogen) atoms. The third kappa shape index (κ3) is 3.66. The van der Waals surface area contributed by atoms with Crippen LogP contribution in [0.4, 0.5) is 0 Å². The van der Waals surface area contributed by atoms with Crippen LogP contribution in [-0.2, 0) is 4.74 Å². The molecule has 2 heterocycles. The molecule has 0 unspecified atom stereocenters. The smallest absolute Gasteiger partial charge is 0.254 e. The quantitative estimate of drug-likeness (QED) is 0.648. The van der Waals surface area contributed by atoms with Gasteiger partial charge < -0.3 is 10.1 Å². The molecule has 1 amide bonds. The van der Waals surface area contributed by atoms with E-state index in [1.807, 2.05) is 26.8 Å². The predicted molar refractivity (Wildman–Crippen MR) is 80.4 cm³/mol. The summed E-state index contributed by atoms with van der Waals surface area (Å²) in [6, 6.07) is 1.88. The van der Waals surface area contributed by atoms with Crippen molar-refractivity contribution >= 4 is 11.6 Å². The van der Waals surface area contributed by atoms with Crippen molar-refractivity contribution in [1.29, 1.82) is 0 Å². The maximum atomic E-state index is 12.1. The van der Waals surface area contributed by atoms with Gasteiger partial charge in [-0.1, -0.05) is 12.2 Å². The molecule has 2 aromatic rings. The number of carbonyl (C=O) groups is 1. The summed E-state index contributed by atoms with van der Waals surface area (Å²) < 4.78 is 7.02. The van der Waals surface area contributed by atoms with Crippen LogP contribution >= 0.6 is 0 Å². The molecule has 2 rings (SSSR count). The SMILES string of the molecule is C=C(C)COCCNC(=O)c1cnc2cc(C)nn2c1C. The Morgan fingerprint density at radius 3 is 2.95 bits per heavy atom. The second-order valence-electron chi connectivity index (χ2n) is 5.08. The zero-order valence-corrected chi connectivity index (χ0v) is 12.6. The van der Waals surface area contributed by atoms with Crippen molar-refractivity contribution in [3.05, 3.63) is 41.4 Å². The molecule has 0 aliphatic carbocycles. The number of aryl methyl sites for hydroxylation is 2. The number of amides is 1. The number of aromatic nitrogens is 3. The maximum Gasteiger partial charge on any atom is 0.254 e. The van der Waals surface area contributed by atoms with Crippen LogP contribution in [0, 0.1) is 13.8 Å². The number of carbonyl (C=O) groups excluding carboxylic acids is 1. The molecule has 0 aliphatic heterocycles. The van der Waals surface area contributed by atoms with Crippen molar-refractivity contribution in [2.45, 2.75) is 20.8 Å². The fourth-order valence-corrected chi connectivity index (χ4v) is 1.96. The number of nitrogens with zero attached hydrogens (tertiary/aromatic N) is 3. The second kappa shape index (κ2) is 6.49. The number of nitrogens with one attached hydrogen (secondary N) is 1. The zero-order chi connectivity index (χ0) is 15.4. The van der Waals surface area contributed by atoms with Gasteiger partial charge in [-0.25, -0.2) is 9.50 Å². The minimum absolute atomic E-state index is 0.172. The summed E-state index contributed by atoms with van der Waals surface area (Å²) in [7, 11) is 0. The van der Waals surface area contributed by atoms with E-state index in [9.17, 15) is 4.79 Å². The van der Waals surface area contributed by atoms with Crippen LogP contribution in [0.15, 0.2) is 24.4 Å². The van der Waals surface area contributed by atoms with E-state index in [0.717, 1.165) is 22.6 Å². The minimum Gasteiger partial charge on any atom is -0.375 e. The highest BCUT2D eigenvalue weighted by atomic mass is 16.5. The molecule has 0 saturated carbocycles. The first-order valence-electron chi connectivity index (χ1n) is 6.81. The lowest BCUT2D eigenvalue weighted by Gasteiger charge is -2.09. The predicted octanol–water partition coefficient (Wildman–Crippen LogP) is 1.67. The van der Waals surface area contributed by atoms with E-state index >= 15 is 0 Å². The number of rotatable bonds is 6. The first kappa shape index (κ1) is 15.2. The number of ether oxygens (including phenoxy) is 1. The van der Waals surface area contributed by atoms with E-state index in [-0.39, 0.29) is 5.91 Å². The molecule has 0 radical (unpaired) electrons. The van der Waals surface area contributed by atoms with Gasteiger partial charge in [-0.15, -0.1) is 0 Å². The summed E-state index contributed by atoms with van der Waals surface area (Å²) in [6.07, 6.45) is 1.58. The van der Waals surface area contributed by atoms with Gasteiger partial charge in [0.1, 0.15) is 0 Å². The third-order valence-corrected chi connectivity index (χ3v) is 2.97. The lowest BCUT2D eigenvalue weighted by molar-refractivity contribution is 0.0925. The molecular weight excluding hydrogens is 268 g/mol. The van der Waals surface area contributed by atoms with E-state index in [4.69, 9.17) is 4.74 Å². The summed E-state index contributed by atoms with van der Waals surface area (Å²) in [5.41, 5.74) is 3.86. The van der Waals surface area contributed by atoms with Crippen LogP contribution in [0.1, 0.15) is 28.7 Å². The van der Waals surface area contributed by atoms with E-state index in [1.165, 1.54) is 0 Å². The standard InChI is InChI=1S/C15H20N4O2/c1-10(2)9-21-6-5-16-15(20)13-8-17-14-7-11(3)18-19(14)12(13)4/h7-8H,1,5-6,9H2,2-4H3,(H,16,20). The summed E-state index contributed by atoms with van der Waals surface area (Å²) in [5.74, 6) is -0.172. The van der Waals surface area contributed by atoms with Gasteiger partial charge in [0.2, 0.25) is 0 Å². The normalized spacial score (nSPS) is 10.8. The van der Waals surface area contributed by atoms with Crippen molar-refractivity contribution in [3.8, 4) is 0 Å². The van der Waals surface area contributed by atoms with Gasteiger partial charge in [-0.2, -0.15) is 5.10 Å². The van der Waals surface area contributed by atoms with Crippen molar-refractivity contribution in [2.24, 2.45) is 0 Å². The fraction of sp³-hybridized carbons (Fsp3) is 0.400. The lowest BCUT2D eigenvalue weighted by Crippen LogP contribution is -2.28. The van der Waals surface area contributed by atoms with E-state index in [2.05, 4.69) is 22.0 Å². The summed E-state index contributed by atoms with van der Waals surface area (Å²) in [6.45, 7) is 10.8. The van der Waals surface area contributed by atoms with Crippen molar-refractivity contribution in [2.75, 3.05) is 19.8 Å². The van der Waals surface area contributed by atoms with Crippen LogP contribution in [0.2, 0.25) is 0 Å². The topological polar surface area (TPSA) is 68.5 Å². The van der Waals surface area contributed by atoms with Crippen LogP contribution in [0.25, 0.3) is 5.65 Å². The zero-order valence-electron chi connectivity index (χ0n) is 12.6. The molecule has 0 saturated heterocycles. The van der Waals surface area contributed by atoms with Crippen molar-refractivity contribution < 1.29 is 9.53 Å². The van der Waals surface area contributed by atoms with Gasteiger partial charge in [0.05, 0.1) is 30.2 Å². The maximum absolute atomic E-state index is 12.1. The third-order valence-electron chi connectivity index (χ3n) is 2.97. The molecule has 0 bridgehead atoms. The van der Waals surface area contributed by atoms with Gasteiger partial charge in [-0.3, -0.25) is 4.79 Å². The Balaban J connectivity index is 1.99. The molecular formula is C15H20N4O2. The van der Waals surface area contributed by atoms with Gasteiger partial charge in [0.25, 0.3) is 5.91 Å². The molecule has 0 spiro atoms. The van der Waals surface area contributed by atoms with Gasteiger partial charge in [0, 0.05) is 18.8 Å². The average Bonchev–Trinajstić information content (AvgIpc) is 2.79. The monoisotopic (exact) mass is 288 g/mol.